The first-order valence-electron chi connectivity index (χ1n) is 6.17. The molecule has 0 amide bonds. The first-order valence-corrected chi connectivity index (χ1v) is 6.17. The lowest BCUT2D eigenvalue weighted by Crippen LogP contribution is -2.00. The van der Waals surface area contributed by atoms with Crippen LogP contribution < -0.4 is 0 Å². The van der Waals surface area contributed by atoms with Gasteiger partial charge in [0.15, 0.2) is 0 Å². The number of rotatable bonds is 2. The van der Waals surface area contributed by atoms with Crippen LogP contribution in [0.4, 0.5) is 4.39 Å². The molecule has 1 aromatic heterocycles. The average Bonchev–Trinajstić information content (AvgIpc) is 2.49. The summed E-state index contributed by atoms with van der Waals surface area (Å²) in [5, 5.41) is 18.4. The summed E-state index contributed by atoms with van der Waals surface area (Å²) < 4.78 is 12.9. The molecule has 3 aromatic rings. The van der Waals surface area contributed by atoms with Crippen molar-refractivity contribution in [2.75, 3.05) is 0 Å². The Kier molecular flexibility index (Phi) is 3.10. The van der Waals surface area contributed by atoms with Gasteiger partial charge in [-0.2, -0.15) is 15.5 Å². The predicted octanol–water partition coefficient (Wildman–Crippen LogP) is 3.23. The van der Waals surface area contributed by atoms with Crippen molar-refractivity contribution in [1.29, 1.82) is 5.26 Å². The van der Waals surface area contributed by atoms with E-state index in [2.05, 4.69) is 16.3 Å². The Morgan fingerprint density at radius 1 is 1.00 bits per heavy atom. The molecule has 3 nitrogen and oxygen atoms in total. The van der Waals surface area contributed by atoms with Gasteiger partial charge in [0.2, 0.25) is 0 Å². The van der Waals surface area contributed by atoms with Crippen LogP contribution in [0.15, 0.2) is 48.5 Å². The summed E-state index contributed by atoms with van der Waals surface area (Å²) in [5.41, 5.74) is 2.73. The molecule has 0 atom stereocenters. The molecule has 0 aliphatic heterocycles. The Hall–Kier alpha value is -2.80. The Morgan fingerprint density at radius 2 is 1.75 bits per heavy atom. The molecule has 2 aromatic carbocycles. The fourth-order valence-corrected chi connectivity index (χ4v) is 2.14. The average molecular weight is 263 g/mol. The maximum atomic E-state index is 12.9. The highest BCUT2D eigenvalue weighted by Gasteiger charge is 2.10. The van der Waals surface area contributed by atoms with Crippen LogP contribution in [0.5, 0.6) is 0 Å². The van der Waals surface area contributed by atoms with E-state index in [9.17, 15) is 9.65 Å². The van der Waals surface area contributed by atoms with Crippen molar-refractivity contribution < 1.29 is 4.39 Å². The van der Waals surface area contributed by atoms with Crippen molar-refractivity contribution in [3.8, 4) is 6.07 Å². The molecule has 96 valence electrons. The first-order chi connectivity index (χ1) is 9.78. The summed E-state index contributed by atoms with van der Waals surface area (Å²) in [6.45, 7) is 0. The van der Waals surface area contributed by atoms with Crippen molar-refractivity contribution in [2.45, 2.75) is 6.42 Å². The molecular formula is C16H10FN3. The third kappa shape index (κ3) is 2.21. The molecular weight excluding hydrogens is 253 g/mol. The van der Waals surface area contributed by atoms with Gasteiger partial charge in [0.1, 0.15) is 11.9 Å². The highest BCUT2D eigenvalue weighted by Crippen LogP contribution is 2.20. The van der Waals surface area contributed by atoms with Crippen LogP contribution in [-0.4, -0.2) is 10.2 Å². The van der Waals surface area contributed by atoms with Gasteiger partial charge in [0, 0.05) is 11.8 Å². The molecule has 0 spiro atoms. The number of halogens is 1. The van der Waals surface area contributed by atoms with Crippen LogP contribution in [0.25, 0.3) is 10.9 Å². The molecule has 20 heavy (non-hydrogen) atoms. The van der Waals surface area contributed by atoms with E-state index < -0.39 is 0 Å². The van der Waals surface area contributed by atoms with E-state index in [0.717, 1.165) is 10.9 Å². The minimum atomic E-state index is -0.279. The molecule has 0 aliphatic rings. The van der Waals surface area contributed by atoms with Gasteiger partial charge in [-0.15, -0.1) is 0 Å². The van der Waals surface area contributed by atoms with Crippen LogP contribution in [0.2, 0.25) is 0 Å². The van der Waals surface area contributed by atoms with Gasteiger partial charge in [-0.05, 0) is 23.8 Å². The zero-order valence-electron chi connectivity index (χ0n) is 10.5. The Labute approximate surface area is 115 Å². The summed E-state index contributed by atoms with van der Waals surface area (Å²) in [6.07, 6.45) is 0.459. The molecule has 4 heteroatoms. The van der Waals surface area contributed by atoms with Gasteiger partial charge in [-0.25, -0.2) is 4.39 Å². The largest absolute Gasteiger partial charge is 0.207 e. The normalized spacial score (nSPS) is 10.4. The van der Waals surface area contributed by atoms with E-state index in [0.29, 0.717) is 23.2 Å². The number of aromatic nitrogens is 2. The SMILES string of the molecule is N#Cc1c(Cc2ccc(F)cc2)nnc2ccccc12. The standard InChI is InChI=1S/C16H10FN3/c17-12-7-5-11(6-8-12)9-16-14(10-18)13-3-1-2-4-15(13)19-20-16/h1-8H,9H2. The minimum absolute atomic E-state index is 0.279. The van der Waals surface area contributed by atoms with Crippen LogP contribution >= 0.6 is 0 Å². The van der Waals surface area contributed by atoms with E-state index in [1.807, 2.05) is 24.3 Å². The molecule has 0 bridgehead atoms. The van der Waals surface area contributed by atoms with Crippen LogP contribution in [-0.2, 0) is 6.42 Å². The molecule has 0 unspecified atom stereocenters. The molecule has 0 saturated carbocycles. The van der Waals surface area contributed by atoms with E-state index in [4.69, 9.17) is 0 Å². The van der Waals surface area contributed by atoms with E-state index in [-0.39, 0.29) is 5.82 Å². The summed E-state index contributed by atoms with van der Waals surface area (Å²) in [6, 6.07) is 15.8. The van der Waals surface area contributed by atoms with Crippen LogP contribution in [0.1, 0.15) is 16.8 Å². The summed E-state index contributed by atoms with van der Waals surface area (Å²) in [4.78, 5) is 0. The predicted molar refractivity (Wildman–Crippen MR) is 73.5 cm³/mol. The zero-order chi connectivity index (χ0) is 13.9. The van der Waals surface area contributed by atoms with Gasteiger partial charge in [-0.3, -0.25) is 0 Å². The monoisotopic (exact) mass is 263 g/mol. The number of hydrogen-bond acceptors (Lipinski definition) is 3. The van der Waals surface area contributed by atoms with E-state index in [1.54, 1.807) is 12.1 Å². The van der Waals surface area contributed by atoms with Crippen LogP contribution in [0.3, 0.4) is 0 Å². The number of hydrogen-bond donors (Lipinski definition) is 0. The van der Waals surface area contributed by atoms with Gasteiger partial charge in [0.05, 0.1) is 16.8 Å². The second-order valence-corrected chi connectivity index (χ2v) is 4.45. The Morgan fingerprint density at radius 3 is 2.50 bits per heavy atom. The molecule has 1 heterocycles. The summed E-state index contributed by atoms with van der Waals surface area (Å²) in [5.74, 6) is -0.279. The second-order valence-electron chi connectivity index (χ2n) is 4.45. The van der Waals surface area contributed by atoms with Gasteiger partial charge >= 0.3 is 0 Å². The van der Waals surface area contributed by atoms with Crippen molar-refractivity contribution >= 4 is 10.9 Å². The number of nitriles is 1. The van der Waals surface area contributed by atoms with Crippen molar-refractivity contribution in [3.05, 3.63) is 71.2 Å². The topological polar surface area (TPSA) is 49.6 Å². The van der Waals surface area contributed by atoms with Crippen LogP contribution in [0, 0.1) is 17.1 Å². The lowest BCUT2D eigenvalue weighted by atomic mass is 10.0. The molecule has 0 N–H and O–H groups in total. The van der Waals surface area contributed by atoms with Crippen molar-refractivity contribution in [1.82, 2.24) is 10.2 Å². The lowest BCUT2D eigenvalue weighted by Gasteiger charge is -2.05. The summed E-state index contributed by atoms with van der Waals surface area (Å²) >= 11 is 0. The van der Waals surface area contributed by atoms with Gasteiger partial charge in [-0.1, -0.05) is 30.3 Å². The Bertz CT molecular complexity index is 804. The smallest absolute Gasteiger partial charge is 0.123 e. The minimum Gasteiger partial charge on any atom is -0.207 e. The third-order valence-corrected chi connectivity index (χ3v) is 3.14. The van der Waals surface area contributed by atoms with E-state index in [1.165, 1.54) is 12.1 Å². The zero-order valence-corrected chi connectivity index (χ0v) is 10.5. The Balaban J connectivity index is 2.08. The highest BCUT2D eigenvalue weighted by molar-refractivity contribution is 5.84. The fourth-order valence-electron chi connectivity index (χ4n) is 2.14. The van der Waals surface area contributed by atoms with Crippen molar-refractivity contribution in [2.24, 2.45) is 0 Å². The molecule has 0 fully saturated rings. The summed E-state index contributed by atoms with van der Waals surface area (Å²) in [7, 11) is 0. The van der Waals surface area contributed by atoms with Gasteiger partial charge < -0.3 is 0 Å². The maximum Gasteiger partial charge on any atom is 0.123 e. The van der Waals surface area contributed by atoms with E-state index >= 15 is 0 Å². The fraction of sp³-hybridized carbons (Fsp3) is 0.0625. The number of benzene rings is 2. The second kappa shape index (κ2) is 5.06. The van der Waals surface area contributed by atoms with Gasteiger partial charge in [0.25, 0.3) is 0 Å². The molecule has 0 saturated heterocycles. The molecule has 0 aliphatic carbocycles. The first kappa shape index (κ1) is 12.2. The number of nitrogens with zero attached hydrogens (tertiary/aromatic N) is 3. The molecule has 3 rings (SSSR count). The lowest BCUT2D eigenvalue weighted by molar-refractivity contribution is 0.627. The number of fused-ring (bicyclic) bond motifs is 1. The quantitative estimate of drug-likeness (QED) is 0.713. The maximum absolute atomic E-state index is 12.9. The van der Waals surface area contributed by atoms with Crippen molar-refractivity contribution in [3.63, 3.8) is 0 Å². The third-order valence-electron chi connectivity index (χ3n) is 3.14. The highest BCUT2D eigenvalue weighted by atomic mass is 19.1. The molecule has 0 radical (unpaired) electrons.